The second-order valence-corrected chi connectivity index (χ2v) is 11.3. The summed E-state index contributed by atoms with van der Waals surface area (Å²) in [5.74, 6) is -1.18. The molecular weight excluding hydrogens is 580 g/mol. The van der Waals surface area contributed by atoms with Crippen molar-refractivity contribution in [3.8, 4) is 11.5 Å². The van der Waals surface area contributed by atoms with Gasteiger partial charge < -0.3 is 29.6 Å². The van der Waals surface area contributed by atoms with E-state index in [1.165, 1.54) is 22.7 Å². The largest absolute Gasteiger partial charge is 0.488 e. The molecule has 0 saturated heterocycles. The first-order valence-corrected chi connectivity index (χ1v) is 15.0. The number of benzene rings is 2. The van der Waals surface area contributed by atoms with Gasteiger partial charge in [0.1, 0.15) is 34.5 Å². The van der Waals surface area contributed by atoms with E-state index in [1.54, 1.807) is 62.4 Å². The average molecular weight is 609 g/mol. The Morgan fingerprint density at radius 3 is 1.60 bits per heavy atom. The van der Waals surface area contributed by atoms with E-state index in [1.807, 2.05) is 0 Å². The Hall–Kier alpha value is -4.42. The summed E-state index contributed by atoms with van der Waals surface area (Å²) in [6.07, 6.45) is 0. The monoisotopic (exact) mass is 608 g/mol. The first-order valence-electron chi connectivity index (χ1n) is 13.3. The fourth-order valence-corrected chi connectivity index (χ4v) is 7.08. The average Bonchev–Trinajstić information content (AvgIpc) is 3.53. The van der Waals surface area contributed by atoms with Gasteiger partial charge in [-0.2, -0.15) is 0 Å². The lowest BCUT2D eigenvalue weighted by molar-refractivity contribution is 0.0520. The van der Waals surface area contributed by atoms with Crippen LogP contribution in [-0.2, 0) is 22.7 Å². The summed E-state index contributed by atoms with van der Waals surface area (Å²) < 4.78 is 23.7. The van der Waals surface area contributed by atoms with Crippen molar-refractivity contribution in [1.29, 1.82) is 0 Å². The SMILES string of the molecule is CCOC(=O)c1sc2sc(C(=O)OCC)c3c2c1COc1ccccc1C(=O)NCCNC(=O)c1ccccc1OC3. The molecular formula is C30H28N2O8S2. The van der Waals surface area contributed by atoms with Gasteiger partial charge in [-0.1, -0.05) is 24.3 Å². The van der Waals surface area contributed by atoms with E-state index in [-0.39, 0.29) is 51.3 Å². The van der Waals surface area contributed by atoms with E-state index in [9.17, 15) is 19.2 Å². The number of hydrogen-bond acceptors (Lipinski definition) is 10. The van der Waals surface area contributed by atoms with Gasteiger partial charge in [-0.3, -0.25) is 9.59 Å². The zero-order chi connectivity index (χ0) is 29.6. The fraction of sp³-hybridized carbons (Fsp3) is 0.267. The van der Waals surface area contributed by atoms with Crippen molar-refractivity contribution in [1.82, 2.24) is 10.6 Å². The molecule has 3 heterocycles. The molecule has 218 valence electrons. The van der Waals surface area contributed by atoms with E-state index in [0.717, 1.165) is 0 Å². The molecule has 0 spiro atoms. The van der Waals surface area contributed by atoms with Crippen LogP contribution in [0.3, 0.4) is 0 Å². The number of fused-ring (bicyclic) bond motifs is 2. The lowest BCUT2D eigenvalue weighted by atomic mass is 10.1. The molecule has 0 radical (unpaired) electrons. The molecule has 1 aliphatic rings. The van der Waals surface area contributed by atoms with Crippen molar-refractivity contribution >= 4 is 55.8 Å². The second kappa shape index (κ2) is 13.0. The maximum Gasteiger partial charge on any atom is 0.348 e. The Bertz CT molecular complexity index is 1540. The van der Waals surface area contributed by atoms with E-state index in [4.69, 9.17) is 18.9 Å². The molecule has 2 aromatic carbocycles. The summed E-state index contributed by atoms with van der Waals surface area (Å²) in [5, 5.41) is 6.21. The maximum atomic E-state index is 13.0. The first-order chi connectivity index (χ1) is 20.4. The zero-order valence-electron chi connectivity index (χ0n) is 22.9. The lowest BCUT2D eigenvalue weighted by Gasteiger charge is -2.13. The summed E-state index contributed by atoms with van der Waals surface area (Å²) in [5.41, 5.74) is 1.60. The van der Waals surface area contributed by atoms with Crippen LogP contribution in [0, 0.1) is 0 Å². The molecule has 0 atom stereocenters. The topological polar surface area (TPSA) is 129 Å². The molecule has 1 aliphatic heterocycles. The van der Waals surface area contributed by atoms with Crippen LogP contribution in [0.4, 0.5) is 0 Å². The molecule has 2 aromatic heterocycles. The number of nitrogens with one attached hydrogen (secondary N) is 2. The molecule has 4 aromatic rings. The quantitative estimate of drug-likeness (QED) is 0.312. The molecule has 2 N–H and O–H groups in total. The third kappa shape index (κ3) is 5.95. The maximum absolute atomic E-state index is 13.0. The molecule has 2 amide bonds. The van der Waals surface area contributed by atoms with Gasteiger partial charge in [0.15, 0.2) is 0 Å². The predicted molar refractivity (Wildman–Crippen MR) is 158 cm³/mol. The third-order valence-corrected chi connectivity index (χ3v) is 8.88. The number of amides is 2. The molecule has 0 aliphatic carbocycles. The number of para-hydroxylation sites is 2. The van der Waals surface area contributed by atoms with Crippen molar-refractivity contribution in [3.63, 3.8) is 0 Å². The van der Waals surface area contributed by atoms with E-state index in [0.29, 0.717) is 52.9 Å². The molecule has 0 unspecified atom stereocenters. The van der Waals surface area contributed by atoms with Crippen LogP contribution in [0.25, 0.3) is 9.40 Å². The highest BCUT2D eigenvalue weighted by Gasteiger charge is 2.29. The Morgan fingerprint density at radius 1 is 0.738 bits per heavy atom. The summed E-state index contributed by atoms with van der Waals surface area (Å²) in [6.45, 7) is 3.99. The first kappa shape index (κ1) is 29.1. The van der Waals surface area contributed by atoms with Crippen LogP contribution >= 0.6 is 22.7 Å². The van der Waals surface area contributed by atoms with E-state index in [2.05, 4.69) is 10.6 Å². The highest BCUT2D eigenvalue weighted by atomic mass is 32.2. The van der Waals surface area contributed by atoms with Gasteiger partial charge in [-0.05, 0) is 38.1 Å². The van der Waals surface area contributed by atoms with Crippen molar-refractivity contribution in [3.05, 3.63) is 80.5 Å². The van der Waals surface area contributed by atoms with Crippen LogP contribution in [0.2, 0.25) is 0 Å². The fourth-order valence-electron chi connectivity index (χ4n) is 4.49. The van der Waals surface area contributed by atoms with Crippen LogP contribution in [0.15, 0.2) is 48.5 Å². The highest BCUT2D eigenvalue weighted by molar-refractivity contribution is 7.40. The van der Waals surface area contributed by atoms with Crippen molar-refractivity contribution in [2.24, 2.45) is 0 Å². The molecule has 0 bridgehead atoms. The predicted octanol–water partition coefficient (Wildman–Crippen LogP) is 4.95. The minimum Gasteiger partial charge on any atom is -0.488 e. The van der Waals surface area contributed by atoms with Gasteiger partial charge in [0, 0.05) is 29.6 Å². The number of hydrogen-bond donors (Lipinski definition) is 2. The Balaban J connectivity index is 1.68. The van der Waals surface area contributed by atoms with Gasteiger partial charge in [-0.15, -0.1) is 22.7 Å². The zero-order valence-corrected chi connectivity index (χ0v) is 24.6. The van der Waals surface area contributed by atoms with Gasteiger partial charge in [-0.25, -0.2) is 9.59 Å². The molecule has 0 saturated carbocycles. The Morgan fingerprint density at radius 2 is 1.17 bits per heavy atom. The number of thiophene rings is 2. The summed E-state index contributed by atoms with van der Waals surface area (Å²) in [7, 11) is 0. The van der Waals surface area contributed by atoms with Crippen molar-refractivity contribution in [2.75, 3.05) is 26.3 Å². The van der Waals surface area contributed by atoms with Gasteiger partial charge in [0.25, 0.3) is 11.8 Å². The number of rotatable bonds is 4. The van der Waals surface area contributed by atoms with Crippen LogP contribution in [-0.4, -0.2) is 50.1 Å². The normalized spacial score (nSPS) is 13.9. The molecule has 0 fully saturated rings. The van der Waals surface area contributed by atoms with Crippen molar-refractivity contribution < 1.29 is 38.1 Å². The number of carbonyl (C=O) groups excluding carboxylic acids is 4. The summed E-state index contributed by atoms with van der Waals surface area (Å²) in [6, 6.07) is 13.5. The number of carbonyl (C=O) groups is 4. The number of ether oxygens (including phenoxy) is 4. The van der Waals surface area contributed by atoms with Crippen LogP contribution in [0.1, 0.15) is 65.0 Å². The van der Waals surface area contributed by atoms with Gasteiger partial charge >= 0.3 is 11.9 Å². The lowest BCUT2D eigenvalue weighted by Crippen LogP contribution is -2.35. The standard InChI is InChI=1S/C30H28N2O8S2/c1-3-37-28(35)24-19-15-39-21-11-7-5-9-17(21)26(33)31-13-14-32-27(34)18-10-6-8-12-22(18)40-16-20-23(19)30(41-24)42-25(20)29(36)38-4-2/h5-12H,3-4,13-16H2,1-2H3,(H,31,33)(H,32,34). The highest BCUT2D eigenvalue weighted by Crippen LogP contribution is 2.43. The molecule has 10 nitrogen and oxygen atoms in total. The minimum atomic E-state index is -0.520. The molecule has 5 rings (SSSR count). The second-order valence-electron chi connectivity index (χ2n) is 9.00. The Labute approximate surface area is 249 Å². The van der Waals surface area contributed by atoms with Crippen LogP contribution in [0.5, 0.6) is 11.5 Å². The number of esters is 2. The van der Waals surface area contributed by atoms with Crippen molar-refractivity contribution in [2.45, 2.75) is 27.1 Å². The van der Waals surface area contributed by atoms with Crippen LogP contribution < -0.4 is 20.1 Å². The van der Waals surface area contributed by atoms with Gasteiger partial charge in [0.2, 0.25) is 0 Å². The van der Waals surface area contributed by atoms with E-state index >= 15 is 0 Å². The third-order valence-electron chi connectivity index (χ3n) is 6.37. The summed E-state index contributed by atoms with van der Waals surface area (Å²) >= 11 is 2.38. The molecule has 42 heavy (non-hydrogen) atoms. The smallest absolute Gasteiger partial charge is 0.348 e. The Kier molecular flexibility index (Phi) is 9.03. The summed E-state index contributed by atoms with van der Waals surface area (Å²) in [4.78, 5) is 52.8. The van der Waals surface area contributed by atoms with Gasteiger partial charge in [0.05, 0.1) is 28.4 Å². The molecule has 12 heteroatoms. The minimum absolute atomic E-state index is 0.0823. The van der Waals surface area contributed by atoms with E-state index < -0.39 is 11.9 Å².